The largest absolute Gasteiger partial charge is 0.385 e. The average molecular weight is 306 g/mol. The van der Waals surface area contributed by atoms with Crippen LogP contribution in [0.1, 0.15) is 11.4 Å². The molecule has 0 unspecified atom stereocenters. The van der Waals surface area contributed by atoms with Crippen molar-refractivity contribution in [1.29, 1.82) is 5.26 Å². The molecule has 1 aromatic carbocycles. The smallest absolute Gasteiger partial charge is 0.152 e. The van der Waals surface area contributed by atoms with Crippen LogP contribution in [-0.2, 0) is 13.5 Å². The minimum absolute atomic E-state index is 0.628. The fourth-order valence-electron chi connectivity index (χ4n) is 1.57. The summed E-state index contributed by atoms with van der Waals surface area (Å²) in [6, 6.07) is 7.66. The van der Waals surface area contributed by atoms with Gasteiger partial charge in [-0.05, 0) is 18.2 Å². The van der Waals surface area contributed by atoms with Gasteiger partial charge in [-0.2, -0.15) is 10.4 Å². The lowest BCUT2D eigenvalue weighted by Crippen LogP contribution is -2.06. The Bertz CT molecular complexity index is 584. The van der Waals surface area contributed by atoms with Crippen LogP contribution in [0.25, 0.3) is 0 Å². The molecule has 1 aromatic heterocycles. The van der Waals surface area contributed by atoms with Gasteiger partial charge in [0.1, 0.15) is 6.33 Å². The molecule has 0 amide bonds. The second-order valence-corrected chi connectivity index (χ2v) is 4.77. The summed E-state index contributed by atoms with van der Waals surface area (Å²) in [6.07, 6.45) is 2.43. The van der Waals surface area contributed by atoms with Crippen molar-refractivity contribution in [3.05, 3.63) is 40.4 Å². The lowest BCUT2D eigenvalue weighted by molar-refractivity contribution is 0.742. The SMILES string of the molecule is Cn1cnc(CCNc2cc(Br)cc(C#N)c2)n1. The van der Waals surface area contributed by atoms with Gasteiger partial charge in [0.2, 0.25) is 0 Å². The molecule has 18 heavy (non-hydrogen) atoms. The van der Waals surface area contributed by atoms with Crippen molar-refractivity contribution < 1.29 is 0 Å². The van der Waals surface area contributed by atoms with E-state index in [4.69, 9.17) is 5.26 Å². The second-order valence-electron chi connectivity index (χ2n) is 3.85. The van der Waals surface area contributed by atoms with Crippen molar-refractivity contribution in [3.8, 4) is 6.07 Å². The molecule has 0 aliphatic rings. The van der Waals surface area contributed by atoms with Crippen molar-refractivity contribution in [3.63, 3.8) is 0 Å². The van der Waals surface area contributed by atoms with Crippen LogP contribution in [0.5, 0.6) is 0 Å². The van der Waals surface area contributed by atoms with Gasteiger partial charge in [0.25, 0.3) is 0 Å². The van der Waals surface area contributed by atoms with Crippen molar-refractivity contribution in [2.45, 2.75) is 6.42 Å². The summed E-state index contributed by atoms with van der Waals surface area (Å²) in [4.78, 5) is 4.15. The third-order valence-corrected chi connectivity index (χ3v) is 2.81. The second kappa shape index (κ2) is 5.65. The molecule has 1 heterocycles. The van der Waals surface area contributed by atoms with Crippen LogP contribution in [0, 0.1) is 11.3 Å². The first kappa shape index (κ1) is 12.6. The quantitative estimate of drug-likeness (QED) is 0.939. The molecule has 0 saturated heterocycles. The highest BCUT2D eigenvalue weighted by atomic mass is 79.9. The fourth-order valence-corrected chi connectivity index (χ4v) is 2.07. The van der Waals surface area contributed by atoms with Crippen LogP contribution in [-0.4, -0.2) is 21.3 Å². The standard InChI is InChI=1S/C12H12BrN5/c1-18-8-16-12(17-18)2-3-15-11-5-9(7-14)4-10(13)6-11/h4-6,8,15H,2-3H2,1H3. The van der Waals surface area contributed by atoms with E-state index in [1.54, 1.807) is 17.1 Å². The van der Waals surface area contributed by atoms with Crippen LogP contribution in [0.3, 0.4) is 0 Å². The molecule has 0 radical (unpaired) electrons. The van der Waals surface area contributed by atoms with Crippen LogP contribution >= 0.6 is 15.9 Å². The topological polar surface area (TPSA) is 66.5 Å². The van der Waals surface area contributed by atoms with E-state index >= 15 is 0 Å². The summed E-state index contributed by atoms with van der Waals surface area (Å²) in [7, 11) is 1.84. The van der Waals surface area contributed by atoms with Gasteiger partial charge in [0.05, 0.1) is 11.6 Å². The van der Waals surface area contributed by atoms with E-state index < -0.39 is 0 Å². The van der Waals surface area contributed by atoms with Crippen molar-refractivity contribution in [1.82, 2.24) is 14.8 Å². The number of anilines is 1. The highest BCUT2D eigenvalue weighted by Crippen LogP contribution is 2.19. The predicted molar refractivity (Wildman–Crippen MR) is 72.1 cm³/mol. The molecule has 0 atom stereocenters. The van der Waals surface area contributed by atoms with Crippen molar-refractivity contribution in [2.75, 3.05) is 11.9 Å². The summed E-state index contributed by atoms with van der Waals surface area (Å²) >= 11 is 3.37. The molecule has 6 heteroatoms. The number of halogens is 1. The Morgan fingerprint density at radius 3 is 2.94 bits per heavy atom. The minimum atomic E-state index is 0.628. The van der Waals surface area contributed by atoms with Crippen LogP contribution in [0.15, 0.2) is 29.0 Å². The molecule has 0 fully saturated rings. The maximum absolute atomic E-state index is 8.87. The first-order chi connectivity index (χ1) is 8.67. The fraction of sp³-hybridized carbons (Fsp3) is 0.250. The molecule has 0 bridgehead atoms. The Morgan fingerprint density at radius 1 is 1.44 bits per heavy atom. The number of benzene rings is 1. The van der Waals surface area contributed by atoms with Gasteiger partial charge in [-0.3, -0.25) is 4.68 Å². The van der Waals surface area contributed by atoms with Gasteiger partial charge in [-0.15, -0.1) is 0 Å². The lowest BCUT2D eigenvalue weighted by Gasteiger charge is -2.06. The molecule has 5 nitrogen and oxygen atoms in total. The van der Waals surface area contributed by atoms with Crippen molar-refractivity contribution >= 4 is 21.6 Å². The van der Waals surface area contributed by atoms with E-state index in [1.165, 1.54) is 0 Å². The zero-order valence-corrected chi connectivity index (χ0v) is 11.5. The Labute approximate surface area is 114 Å². The molecule has 0 aliphatic carbocycles. The Balaban J connectivity index is 1.94. The maximum Gasteiger partial charge on any atom is 0.152 e. The number of aryl methyl sites for hydroxylation is 1. The molecule has 2 rings (SSSR count). The number of hydrogen-bond donors (Lipinski definition) is 1. The molecular weight excluding hydrogens is 294 g/mol. The number of nitrogens with one attached hydrogen (secondary N) is 1. The van der Waals surface area contributed by atoms with E-state index in [-0.39, 0.29) is 0 Å². The monoisotopic (exact) mass is 305 g/mol. The van der Waals surface area contributed by atoms with Gasteiger partial charge < -0.3 is 5.32 Å². The molecule has 0 spiro atoms. The summed E-state index contributed by atoms with van der Waals surface area (Å²) in [6.45, 7) is 0.728. The van der Waals surface area contributed by atoms with Gasteiger partial charge in [-0.25, -0.2) is 4.98 Å². The number of rotatable bonds is 4. The predicted octanol–water partition coefficient (Wildman–Crippen LogP) is 2.10. The number of hydrogen-bond acceptors (Lipinski definition) is 4. The number of nitriles is 1. The zero-order valence-electron chi connectivity index (χ0n) is 9.89. The first-order valence-electron chi connectivity index (χ1n) is 5.46. The third kappa shape index (κ3) is 3.31. The first-order valence-corrected chi connectivity index (χ1v) is 6.26. The van der Waals surface area contributed by atoms with Crippen LogP contribution < -0.4 is 5.32 Å². The lowest BCUT2D eigenvalue weighted by atomic mass is 10.2. The molecule has 1 N–H and O–H groups in total. The molecular formula is C12H12BrN5. The van der Waals surface area contributed by atoms with Gasteiger partial charge in [-0.1, -0.05) is 15.9 Å². The molecule has 0 saturated carbocycles. The Morgan fingerprint density at radius 2 is 2.28 bits per heavy atom. The number of nitrogens with zero attached hydrogens (tertiary/aromatic N) is 4. The average Bonchev–Trinajstić information content (AvgIpc) is 2.74. The van der Waals surface area contributed by atoms with E-state index in [0.717, 1.165) is 29.0 Å². The van der Waals surface area contributed by atoms with E-state index in [2.05, 4.69) is 37.4 Å². The van der Waals surface area contributed by atoms with Gasteiger partial charge in [0, 0.05) is 30.2 Å². The summed E-state index contributed by atoms with van der Waals surface area (Å²) < 4.78 is 2.57. The summed E-state index contributed by atoms with van der Waals surface area (Å²) in [5.41, 5.74) is 1.54. The van der Waals surface area contributed by atoms with Crippen LogP contribution in [0.4, 0.5) is 5.69 Å². The molecule has 0 aliphatic heterocycles. The zero-order chi connectivity index (χ0) is 13.0. The van der Waals surface area contributed by atoms with E-state index in [1.807, 2.05) is 19.2 Å². The van der Waals surface area contributed by atoms with E-state index in [9.17, 15) is 0 Å². The summed E-state index contributed by atoms with van der Waals surface area (Å²) in [5.74, 6) is 0.806. The minimum Gasteiger partial charge on any atom is -0.385 e. The van der Waals surface area contributed by atoms with Crippen molar-refractivity contribution in [2.24, 2.45) is 7.05 Å². The van der Waals surface area contributed by atoms with Gasteiger partial charge >= 0.3 is 0 Å². The Hall–Kier alpha value is -1.87. The molecule has 2 aromatic rings. The van der Waals surface area contributed by atoms with Gasteiger partial charge in [0.15, 0.2) is 5.82 Å². The van der Waals surface area contributed by atoms with E-state index in [0.29, 0.717) is 5.56 Å². The number of aromatic nitrogens is 3. The van der Waals surface area contributed by atoms with Crippen LogP contribution in [0.2, 0.25) is 0 Å². The summed E-state index contributed by atoms with van der Waals surface area (Å²) in [5, 5.41) is 16.3. The Kier molecular flexibility index (Phi) is 3.95. The third-order valence-electron chi connectivity index (χ3n) is 2.35. The molecule has 92 valence electrons. The highest BCUT2D eigenvalue weighted by Gasteiger charge is 2.01. The maximum atomic E-state index is 8.87. The normalized spacial score (nSPS) is 10.1. The highest BCUT2D eigenvalue weighted by molar-refractivity contribution is 9.10.